The van der Waals surface area contributed by atoms with Gasteiger partial charge in [0.25, 0.3) is 0 Å². The van der Waals surface area contributed by atoms with E-state index in [0.717, 1.165) is 38.0 Å². The Labute approximate surface area is 175 Å². The molecule has 0 saturated carbocycles. The molecule has 0 aliphatic heterocycles. The van der Waals surface area contributed by atoms with E-state index in [0.29, 0.717) is 11.5 Å². The predicted molar refractivity (Wildman–Crippen MR) is 116 cm³/mol. The van der Waals surface area contributed by atoms with Gasteiger partial charge in [0.15, 0.2) is 9.84 Å². The fraction of sp³-hybridized carbons (Fsp3) is 0.217. The Bertz CT molecular complexity index is 1070. The summed E-state index contributed by atoms with van der Waals surface area (Å²) in [5.74, 6) is 0.826. The van der Waals surface area contributed by atoms with Crippen LogP contribution in [0, 0.1) is 20.8 Å². The van der Waals surface area contributed by atoms with Crippen molar-refractivity contribution in [2.75, 3.05) is 0 Å². The number of sulfone groups is 1. The molecule has 0 bridgehead atoms. The lowest BCUT2D eigenvalue weighted by molar-refractivity contribution is 0.301. The maximum absolute atomic E-state index is 12.7. The third-order valence-electron chi connectivity index (χ3n) is 4.63. The Morgan fingerprint density at radius 2 is 1.54 bits per heavy atom. The van der Waals surface area contributed by atoms with E-state index in [9.17, 15) is 8.42 Å². The first-order valence-electron chi connectivity index (χ1n) is 9.02. The number of aryl methyl sites for hydroxylation is 3. The zero-order chi connectivity index (χ0) is 20.3. The van der Waals surface area contributed by atoms with Crippen molar-refractivity contribution in [3.05, 3.63) is 93.0 Å². The average molecular weight is 459 g/mol. The van der Waals surface area contributed by atoms with E-state index in [2.05, 4.69) is 15.9 Å². The SMILES string of the molecule is Cc1ccc(S(=O)(=O)Cc2ccc(Br)c(COc3c(C)cccc3C)c2)cc1. The normalized spacial score (nSPS) is 11.4. The lowest BCUT2D eigenvalue weighted by Crippen LogP contribution is -2.06. The predicted octanol–water partition coefficient (Wildman–Crippen LogP) is 5.93. The maximum atomic E-state index is 12.7. The summed E-state index contributed by atoms with van der Waals surface area (Å²) >= 11 is 3.54. The Kier molecular flexibility index (Phi) is 6.26. The summed E-state index contributed by atoms with van der Waals surface area (Å²) in [5, 5.41) is 0. The van der Waals surface area contributed by atoms with Gasteiger partial charge in [0, 0.05) is 10.0 Å². The first-order chi connectivity index (χ1) is 13.3. The van der Waals surface area contributed by atoms with Gasteiger partial charge in [-0.05, 0) is 55.7 Å². The summed E-state index contributed by atoms with van der Waals surface area (Å²) in [6, 6.07) is 18.6. The molecule has 0 unspecified atom stereocenters. The van der Waals surface area contributed by atoms with Gasteiger partial charge in [-0.3, -0.25) is 0 Å². The van der Waals surface area contributed by atoms with E-state index in [1.54, 1.807) is 12.1 Å². The van der Waals surface area contributed by atoms with Crippen LogP contribution in [-0.4, -0.2) is 8.42 Å². The van der Waals surface area contributed by atoms with Crippen molar-refractivity contribution in [3.63, 3.8) is 0 Å². The largest absolute Gasteiger partial charge is 0.488 e. The van der Waals surface area contributed by atoms with Crippen molar-refractivity contribution in [1.82, 2.24) is 0 Å². The molecule has 0 heterocycles. The van der Waals surface area contributed by atoms with Gasteiger partial charge in [-0.2, -0.15) is 0 Å². The van der Waals surface area contributed by atoms with Crippen LogP contribution in [0.4, 0.5) is 0 Å². The van der Waals surface area contributed by atoms with Crippen molar-refractivity contribution in [1.29, 1.82) is 0 Å². The van der Waals surface area contributed by atoms with E-state index < -0.39 is 9.84 Å². The number of hydrogen-bond donors (Lipinski definition) is 0. The molecule has 0 aromatic heterocycles. The molecule has 0 N–H and O–H groups in total. The van der Waals surface area contributed by atoms with Crippen molar-refractivity contribution < 1.29 is 13.2 Å². The summed E-state index contributed by atoms with van der Waals surface area (Å²) in [6.45, 7) is 6.34. The van der Waals surface area contributed by atoms with Crippen LogP contribution in [0.15, 0.2) is 70.0 Å². The van der Waals surface area contributed by atoms with Crippen LogP contribution in [0.3, 0.4) is 0 Å². The standard InChI is InChI=1S/C23H23BrO3S/c1-16-7-10-21(11-8-16)28(25,26)15-19-9-12-22(24)20(13-19)14-27-23-17(2)5-4-6-18(23)3/h4-13H,14-15H2,1-3H3. The van der Waals surface area contributed by atoms with Crippen LogP contribution in [-0.2, 0) is 22.2 Å². The van der Waals surface area contributed by atoms with E-state index in [1.807, 2.05) is 69.3 Å². The second-order valence-corrected chi connectivity index (χ2v) is 9.85. The van der Waals surface area contributed by atoms with Crippen molar-refractivity contribution in [3.8, 4) is 5.75 Å². The zero-order valence-electron chi connectivity index (χ0n) is 16.2. The van der Waals surface area contributed by atoms with Gasteiger partial charge in [-0.1, -0.05) is 64.0 Å². The molecule has 0 aliphatic carbocycles. The average Bonchev–Trinajstić information content (AvgIpc) is 2.64. The number of ether oxygens (including phenoxy) is 1. The fourth-order valence-corrected chi connectivity index (χ4v) is 4.75. The molecule has 0 spiro atoms. The molecular weight excluding hydrogens is 436 g/mol. The molecule has 28 heavy (non-hydrogen) atoms. The van der Waals surface area contributed by atoms with Crippen molar-refractivity contribution in [2.24, 2.45) is 0 Å². The molecule has 3 nitrogen and oxygen atoms in total. The van der Waals surface area contributed by atoms with Crippen LogP contribution >= 0.6 is 15.9 Å². The zero-order valence-corrected chi connectivity index (χ0v) is 18.6. The second-order valence-electron chi connectivity index (χ2n) is 7.01. The number of benzene rings is 3. The summed E-state index contributed by atoms with van der Waals surface area (Å²) in [4.78, 5) is 0.342. The molecule has 0 aliphatic rings. The highest BCUT2D eigenvalue weighted by molar-refractivity contribution is 9.10. The summed E-state index contributed by atoms with van der Waals surface area (Å²) in [5.41, 5.74) is 4.85. The van der Waals surface area contributed by atoms with Crippen LogP contribution < -0.4 is 4.74 Å². The Hall–Kier alpha value is -2.11. The highest BCUT2D eigenvalue weighted by Gasteiger charge is 2.16. The lowest BCUT2D eigenvalue weighted by atomic mass is 10.1. The van der Waals surface area contributed by atoms with Gasteiger partial charge in [-0.15, -0.1) is 0 Å². The molecule has 3 aromatic rings. The molecule has 146 valence electrons. The van der Waals surface area contributed by atoms with Crippen molar-refractivity contribution in [2.45, 2.75) is 38.0 Å². The number of halogens is 1. The minimum atomic E-state index is -3.40. The summed E-state index contributed by atoms with van der Waals surface area (Å²) < 4.78 is 32.4. The van der Waals surface area contributed by atoms with E-state index in [4.69, 9.17) is 4.74 Å². The van der Waals surface area contributed by atoms with Crippen LogP contribution in [0.1, 0.15) is 27.8 Å². The maximum Gasteiger partial charge on any atom is 0.182 e. The smallest absolute Gasteiger partial charge is 0.182 e. The number of hydrogen-bond acceptors (Lipinski definition) is 3. The van der Waals surface area contributed by atoms with E-state index in [1.165, 1.54) is 0 Å². The van der Waals surface area contributed by atoms with Gasteiger partial charge in [-0.25, -0.2) is 8.42 Å². The Morgan fingerprint density at radius 1 is 0.893 bits per heavy atom. The van der Waals surface area contributed by atoms with Crippen LogP contribution in [0.25, 0.3) is 0 Å². The fourth-order valence-electron chi connectivity index (χ4n) is 3.05. The molecule has 0 fully saturated rings. The topological polar surface area (TPSA) is 43.4 Å². The Balaban J connectivity index is 1.80. The number of rotatable bonds is 6. The Morgan fingerprint density at radius 3 is 2.18 bits per heavy atom. The highest BCUT2D eigenvalue weighted by Crippen LogP contribution is 2.27. The quantitative estimate of drug-likeness (QED) is 0.459. The molecule has 0 amide bonds. The minimum Gasteiger partial charge on any atom is -0.488 e. The molecule has 0 saturated heterocycles. The molecule has 0 atom stereocenters. The third-order valence-corrected chi connectivity index (χ3v) is 7.11. The first-order valence-corrected chi connectivity index (χ1v) is 11.5. The van der Waals surface area contributed by atoms with Crippen LogP contribution in [0.2, 0.25) is 0 Å². The van der Waals surface area contributed by atoms with Gasteiger partial charge >= 0.3 is 0 Å². The van der Waals surface area contributed by atoms with Crippen molar-refractivity contribution >= 4 is 25.8 Å². The summed E-state index contributed by atoms with van der Waals surface area (Å²) in [7, 11) is -3.40. The first kappa shape index (κ1) is 20.6. The third kappa shape index (κ3) is 4.83. The molecule has 3 aromatic carbocycles. The van der Waals surface area contributed by atoms with Gasteiger partial charge < -0.3 is 4.74 Å². The van der Waals surface area contributed by atoms with E-state index in [-0.39, 0.29) is 5.75 Å². The van der Waals surface area contributed by atoms with Gasteiger partial charge in [0.1, 0.15) is 12.4 Å². The van der Waals surface area contributed by atoms with Gasteiger partial charge in [0.05, 0.1) is 10.6 Å². The summed E-state index contributed by atoms with van der Waals surface area (Å²) in [6.07, 6.45) is 0. The van der Waals surface area contributed by atoms with Crippen LogP contribution in [0.5, 0.6) is 5.75 Å². The van der Waals surface area contributed by atoms with Gasteiger partial charge in [0.2, 0.25) is 0 Å². The molecule has 3 rings (SSSR count). The molecule has 5 heteroatoms. The monoisotopic (exact) mass is 458 g/mol. The molecule has 0 radical (unpaired) electrons. The highest BCUT2D eigenvalue weighted by atomic mass is 79.9. The molecular formula is C23H23BrO3S. The van der Waals surface area contributed by atoms with E-state index >= 15 is 0 Å². The number of para-hydroxylation sites is 1. The lowest BCUT2D eigenvalue weighted by Gasteiger charge is -2.14. The minimum absolute atomic E-state index is 0.0419. The second kappa shape index (κ2) is 8.50.